The molecule has 0 saturated heterocycles. The van der Waals surface area contributed by atoms with Gasteiger partial charge in [-0.3, -0.25) is 4.79 Å². The largest absolute Gasteiger partial charge is 0.460 e. The molecule has 1 heterocycles. The number of para-hydroxylation sites is 1. The Labute approximate surface area is 214 Å². The molecule has 0 spiro atoms. The molecule has 0 radical (unpaired) electrons. The molecule has 1 aromatic rings. The topological polar surface area (TPSA) is 109 Å². The van der Waals surface area contributed by atoms with Crippen molar-refractivity contribution in [2.75, 3.05) is 26.6 Å². The minimum absolute atomic E-state index is 0.0151. The van der Waals surface area contributed by atoms with Crippen LogP contribution in [0.3, 0.4) is 0 Å². The highest BCUT2D eigenvalue weighted by atomic mass is 19.3. The van der Waals surface area contributed by atoms with Gasteiger partial charge >= 0.3 is 24.5 Å². The van der Waals surface area contributed by atoms with Gasteiger partial charge in [-0.1, -0.05) is 32.0 Å². The van der Waals surface area contributed by atoms with Crippen molar-refractivity contribution in [1.82, 2.24) is 5.32 Å². The third-order valence-corrected chi connectivity index (χ3v) is 5.32. The van der Waals surface area contributed by atoms with Crippen molar-refractivity contribution >= 4 is 17.9 Å². The highest BCUT2D eigenvalue weighted by Crippen LogP contribution is 2.43. The molecular weight excluding hydrogens is 492 g/mol. The quantitative estimate of drug-likeness (QED) is 0.216. The summed E-state index contributed by atoms with van der Waals surface area (Å²) in [6, 6.07) is 5.84. The number of benzene rings is 1. The van der Waals surface area contributed by atoms with E-state index >= 15 is 0 Å². The highest BCUT2D eigenvalue weighted by molar-refractivity contribution is 6.00. The van der Waals surface area contributed by atoms with E-state index in [4.69, 9.17) is 23.7 Å². The standard InChI is InChI=1S/C26H33F2NO8/c1-5-9-20(30)35-15-36-25(32)22-17(4)29-16(3)21(24(31)34-14-13-33-12-6-2)23(22)18-10-7-8-11-19(18)37-26(27)28/h7-8,10-11,23,26,29H,5-6,9,12-15H2,1-4H3. The number of hydrogen-bond acceptors (Lipinski definition) is 9. The number of carbonyl (C=O) groups excluding carboxylic acids is 3. The van der Waals surface area contributed by atoms with E-state index in [0.29, 0.717) is 24.4 Å². The Kier molecular flexibility index (Phi) is 12.0. The Morgan fingerprint density at radius 1 is 0.892 bits per heavy atom. The molecule has 1 aliphatic rings. The zero-order valence-corrected chi connectivity index (χ0v) is 21.4. The molecule has 1 atom stereocenters. The summed E-state index contributed by atoms with van der Waals surface area (Å²) in [5, 5.41) is 2.96. The lowest BCUT2D eigenvalue weighted by Crippen LogP contribution is -2.33. The number of alkyl halides is 2. The van der Waals surface area contributed by atoms with Crippen LogP contribution in [0.15, 0.2) is 46.8 Å². The van der Waals surface area contributed by atoms with Crippen molar-refractivity contribution in [3.8, 4) is 5.75 Å². The maximum atomic E-state index is 13.2. The number of ether oxygens (including phenoxy) is 5. The van der Waals surface area contributed by atoms with Crippen molar-refractivity contribution in [1.29, 1.82) is 0 Å². The van der Waals surface area contributed by atoms with E-state index in [0.717, 1.165) is 6.42 Å². The van der Waals surface area contributed by atoms with Crippen LogP contribution in [0.1, 0.15) is 58.4 Å². The van der Waals surface area contributed by atoms with Crippen LogP contribution in [-0.2, 0) is 33.3 Å². The Bertz CT molecular complexity index is 1020. The summed E-state index contributed by atoms with van der Waals surface area (Å²) in [4.78, 5) is 38.0. The summed E-state index contributed by atoms with van der Waals surface area (Å²) < 4.78 is 51.9. The van der Waals surface area contributed by atoms with E-state index in [-0.39, 0.29) is 42.1 Å². The lowest BCUT2D eigenvalue weighted by atomic mass is 9.80. The van der Waals surface area contributed by atoms with Gasteiger partial charge in [0.25, 0.3) is 0 Å². The Morgan fingerprint density at radius 2 is 1.54 bits per heavy atom. The monoisotopic (exact) mass is 525 g/mol. The molecule has 1 unspecified atom stereocenters. The smallest absolute Gasteiger partial charge is 0.387 e. The molecule has 0 saturated carbocycles. The second-order valence-electron chi connectivity index (χ2n) is 8.12. The van der Waals surface area contributed by atoms with Crippen LogP contribution >= 0.6 is 0 Å². The second kappa shape index (κ2) is 14.9. The minimum atomic E-state index is -3.14. The van der Waals surface area contributed by atoms with E-state index < -0.39 is 37.2 Å². The molecule has 9 nitrogen and oxygen atoms in total. The first kappa shape index (κ1) is 29.8. The third kappa shape index (κ3) is 8.56. The van der Waals surface area contributed by atoms with Gasteiger partial charge < -0.3 is 29.0 Å². The Balaban J connectivity index is 2.43. The summed E-state index contributed by atoms with van der Waals surface area (Å²) in [5.74, 6) is -3.61. The van der Waals surface area contributed by atoms with Crippen molar-refractivity contribution in [2.24, 2.45) is 0 Å². The molecule has 2 rings (SSSR count). The molecule has 204 valence electrons. The van der Waals surface area contributed by atoms with Crippen LogP contribution in [0.5, 0.6) is 5.75 Å². The minimum Gasteiger partial charge on any atom is -0.460 e. The number of nitrogens with one attached hydrogen (secondary N) is 1. The van der Waals surface area contributed by atoms with Crippen molar-refractivity contribution in [3.63, 3.8) is 0 Å². The van der Waals surface area contributed by atoms with Gasteiger partial charge in [0.1, 0.15) is 12.4 Å². The molecule has 1 N–H and O–H groups in total. The average molecular weight is 526 g/mol. The van der Waals surface area contributed by atoms with Crippen molar-refractivity contribution < 1.29 is 46.8 Å². The predicted octanol–water partition coefficient (Wildman–Crippen LogP) is 4.34. The SMILES string of the molecule is CCCOCCOC(=O)C1=C(C)NC(C)=C(C(=O)OCOC(=O)CCC)C1c1ccccc1OC(F)F. The summed E-state index contributed by atoms with van der Waals surface area (Å²) in [7, 11) is 0. The normalized spacial score (nSPS) is 15.4. The fourth-order valence-corrected chi connectivity index (χ4v) is 3.79. The predicted molar refractivity (Wildman–Crippen MR) is 128 cm³/mol. The highest BCUT2D eigenvalue weighted by Gasteiger charge is 2.39. The van der Waals surface area contributed by atoms with Gasteiger partial charge in [-0.25, -0.2) is 9.59 Å². The van der Waals surface area contributed by atoms with E-state index in [1.807, 2.05) is 6.92 Å². The van der Waals surface area contributed by atoms with Crippen LogP contribution in [0.2, 0.25) is 0 Å². The van der Waals surface area contributed by atoms with Crippen LogP contribution in [0.25, 0.3) is 0 Å². The maximum Gasteiger partial charge on any atom is 0.387 e. The number of hydrogen-bond donors (Lipinski definition) is 1. The van der Waals surface area contributed by atoms with Gasteiger partial charge in [-0.15, -0.1) is 0 Å². The fraction of sp³-hybridized carbons (Fsp3) is 0.500. The van der Waals surface area contributed by atoms with Crippen molar-refractivity contribution in [2.45, 2.75) is 59.5 Å². The average Bonchev–Trinajstić information content (AvgIpc) is 2.83. The van der Waals surface area contributed by atoms with Crippen LogP contribution in [0.4, 0.5) is 8.78 Å². The fourth-order valence-electron chi connectivity index (χ4n) is 3.79. The number of halogens is 2. The molecule has 0 aromatic heterocycles. The number of allylic oxidation sites excluding steroid dienone is 2. The first-order chi connectivity index (χ1) is 17.7. The lowest BCUT2D eigenvalue weighted by molar-refractivity contribution is -0.164. The third-order valence-electron chi connectivity index (χ3n) is 5.32. The molecule has 1 aromatic carbocycles. The lowest BCUT2D eigenvalue weighted by Gasteiger charge is -2.31. The van der Waals surface area contributed by atoms with Gasteiger partial charge in [0.05, 0.1) is 23.7 Å². The summed E-state index contributed by atoms with van der Waals surface area (Å²) in [5.41, 5.74) is 0.784. The molecular formula is C26H33F2NO8. The maximum absolute atomic E-state index is 13.2. The van der Waals surface area contributed by atoms with Gasteiger partial charge in [0, 0.05) is 30.0 Å². The number of dihydropyridines is 1. The van der Waals surface area contributed by atoms with Crippen LogP contribution in [-0.4, -0.2) is 51.1 Å². The molecule has 1 aliphatic heterocycles. The second-order valence-corrected chi connectivity index (χ2v) is 8.12. The molecule has 0 amide bonds. The van der Waals surface area contributed by atoms with Gasteiger partial charge in [0.2, 0.25) is 6.79 Å². The van der Waals surface area contributed by atoms with Crippen molar-refractivity contribution in [3.05, 3.63) is 52.4 Å². The first-order valence-electron chi connectivity index (χ1n) is 12.0. The molecule has 0 bridgehead atoms. The Hall–Kier alpha value is -3.47. The summed E-state index contributed by atoms with van der Waals surface area (Å²) in [6.07, 6.45) is 1.51. The molecule has 11 heteroatoms. The molecule has 37 heavy (non-hydrogen) atoms. The van der Waals surface area contributed by atoms with Crippen LogP contribution in [0, 0.1) is 0 Å². The van der Waals surface area contributed by atoms with Gasteiger partial charge in [-0.05, 0) is 32.8 Å². The molecule has 0 aliphatic carbocycles. The zero-order valence-electron chi connectivity index (χ0n) is 21.4. The van der Waals surface area contributed by atoms with E-state index in [9.17, 15) is 23.2 Å². The van der Waals surface area contributed by atoms with Crippen LogP contribution < -0.4 is 10.1 Å². The molecule has 0 fully saturated rings. The number of carbonyl (C=O) groups is 3. The number of esters is 3. The number of rotatable bonds is 14. The van der Waals surface area contributed by atoms with Gasteiger partial charge in [-0.2, -0.15) is 8.78 Å². The summed E-state index contributed by atoms with van der Waals surface area (Å²) >= 11 is 0. The summed E-state index contributed by atoms with van der Waals surface area (Å²) in [6.45, 7) is 3.75. The van der Waals surface area contributed by atoms with E-state index in [1.165, 1.54) is 18.2 Å². The Morgan fingerprint density at radius 3 is 2.16 bits per heavy atom. The first-order valence-corrected chi connectivity index (χ1v) is 12.0. The van der Waals surface area contributed by atoms with Gasteiger partial charge in [0.15, 0.2) is 0 Å². The zero-order chi connectivity index (χ0) is 27.4. The van der Waals surface area contributed by atoms with E-state index in [1.54, 1.807) is 26.8 Å². The van der Waals surface area contributed by atoms with E-state index in [2.05, 4.69) is 5.32 Å².